The predicted octanol–water partition coefficient (Wildman–Crippen LogP) is 2.11. The maximum absolute atomic E-state index is 4.07. The highest BCUT2D eigenvalue weighted by atomic mass is 32.1. The Hall–Kier alpha value is -0.450. The van der Waals surface area contributed by atoms with Crippen molar-refractivity contribution in [3.8, 4) is 0 Å². The zero-order chi connectivity index (χ0) is 11.2. The lowest BCUT2D eigenvalue weighted by atomic mass is 10.0. The average Bonchev–Trinajstić information content (AvgIpc) is 2.79. The Morgan fingerprint density at radius 2 is 2.50 bits per heavy atom. The van der Waals surface area contributed by atoms with E-state index in [1.54, 1.807) is 11.3 Å². The summed E-state index contributed by atoms with van der Waals surface area (Å²) in [4.78, 5) is 8.00. The van der Waals surface area contributed by atoms with E-state index in [0.717, 1.165) is 19.1 Å². The van der Waals surface area contributed by atoms with Crippen LogP contribution >= 0.6 is 11.3 Å². The van der Waals surface area contributed by atoms with E-state index < -0.39 is 0 Å². The normalized spacial score (nSPS) is 22.4. The molecule has 0 aromatic carbocycles. The second kappa shape index (κ2) is 6.33. The molecule has 4 heteroatoms. The number of likely N-dealkylation sites (tertiary alicyclic amines) is 1. The molecule has 1 saturated heterocycles. The standard InChI is InChI=1S/C12H21N3S/c1-11-4-2-3-6-15(11)7-5-13-8-12-9-14-10-16-12/h9-11,13H,2-8H2,1H3. The van der Waals surface area contributed by atoms with Gasteiger partial charge in [-0.2, -0.15) is 0 Å². The van der Waals surface area contributed by atoms with Crippen LogP contribution in [0.25, 0.3) is 0 Å². The third-order valence-corrected chi connectivity index (χ3v) is 4.08. The highest BCUT2D eigenvalue weighted by molar-refractivity contribution is 7.09. The Bertz CT molecular complexity index is 286. The minimum Gasteiger partial charge on any atom is -0.311 e. The van der Waals surface area contributed by atoms with Crippen LogP contribution in [0.15, 0.2) is 11.7 Å². The largest absolute Gasteiger partial charge is 0.311 e. The van der Waals surface area contributed by atoms with Crippen molar-refractivity contribution < 1.29 is 0 Å². The zero-order valence-corrected chi connectivity index (χ0v) is 10.8. The fraction of sp³-hybridized carbons (Fsp3) is 0.750. The van der Waals surface area contributed by atoms with Gasteiger partial charge in [0, 0.05) is 36.8 Å². The van der Waals surface area contributed by atoms with Crippen molar-refractivity contribution in [3.63, 3.8) is 0 Å². The molecule has 1 fully saturated rings. The Morgan fingerprint density at radius 3 is 3.25 bits per heavy atom. The Morgan fingerprint density at radius 1 is 1.56 bits per heavy atom. The maximum atomic E-state index is 4.07. The summed E-state index contributed by atoms with van der Waals surface area (Å²) in [5.74, 6) is 0. The van der Waals surface area contributed by atoms with Crippen LogP contribution in [0.3, 0.4) is 0 Å². The van der Waals surface area contributed by atoms with Gasteiger partial charge in [-0.25, -0.2) is 0 Å². The van der Waals surface area contributed by atoms with Gasteiger partial charge >= 0.3 is 0 Å². The molecule has 1 N–H and O–H groups in total. The third kappa shape index (κ3) is 3.54. The van der Waals surface area contributed by atoms with E-state index in [9.17, 15) is 0 Å². The molecule has 1 aliphatic heterocycles. The van der Waals surface area contributed by atoms with Crippen molar-refractivity contribution in [1.82, 2.24) is 15.2 Å². The molecule has 1 aliphatic rings. The zero-order valence-electron chi connectivity index (χ0n) is 9.98. The van der Waals surface area contributed by atoms with Crippen LogP contribution < -0.4 is 5.32 Å². The fourth-order valence-corrected chi connectivity index (χ4v) is 2.82. The maximum Gasteiger partial charge on any atom is 0.0794 e. The van der Waals surface area contributed by atoms with E-state index >= 15 is 0 Å². The van der Waals surface area contributed by atoms with Crippen LogP contribution in [0.5, 0.6) is 0 Å². The fourth-order valence-electron chi connectivity index (χ4n) is 2.25. The van der Waals surface area contributed by atoms with Crippen molar-refractivity contribution in [2.24, 2.45) is 0 Å². The summed E-state index contributed by atoms with van der Waals surface area (Å²) in [7, 11) is 0. The first-order valence-electron chi connectivity index (χ1n) is 6.18. The van der Waals surface area contributed by atoms with E-state index in [2.05, 4.69) is 22.1 Å². The average molecular weight is 239 g/mol. The Balaban J connectivity index is 1.60. The van der Waals surface area contributed by atoms with Crippen molar-refractivity contribution >= 4 is 11.3 Å². The number of aromatic nitrogens is 1. The quantitative estimate of drug-likeness (QED) is 0.798. The van der Waals surface area contributed by atoms with E-state index in [1.165, 1.54) is 37.2 Å². The van der Waals surface area contributed by atoms with Crippen LogP contribution in [0.2, 0.25) is 0 Å². The van der Waals surface area contributed by atoms with Gasteiger partial charge in [-0.1, -0.05) is 6.42 Å². The topological polar surface area (TPSA) is 28.2 Å². The van der Waals surface area contributed by atoms with Crippen LogP contribution in [-0.4, -0.2) is 35.6 Å². The summed E-state index contributed by atoms with van der Waals surface area (Å²) >= 11 is 1.72. The van der Waals surface area contributed by atoms with Gasteiger partial charge in [0.2, 0.25) is 0 Å². The van der Waals surface area contributed by atoms with Gasteiger partial charge in [0.25, 0.3) is 0 Å². The van der Waals surface area contributed by atoms with Crippen molar-refractivity contribution in [2.45, 2.75) is 38.8 Å². The smallest absolute Gasteiger partial charge is 0.0794 e. The number of nitrogens with zero attached hydrogens (tertiary/aromatic N) is 2. The molecule has 0 aliphatic carbocycles. The number of thiazole rings is 1. The van der Waals surface area contributed by atoms with Crippen molar-refractivity contribution in [3.05, 3.63) is 16.6 Å². The van der Waals surface area contributed by atoms with Gasteiger partial charge in [0.15, 0.2) is 0 Å². The Kier molecular flexibility index (Phi) is 4.75. The molecule has 1 atom stereocenters. The molecule has 1 aromatic rings. The molecule has 16 heavy (non-hydrogen) atoms. The first-order chi connectivity index (χ1) is 7.86. The molecular formula is C12H21N3S. The minimum atomic E-state index is 0.777. The summed E-state index contributed by atoms with van der Waals surface area (Å²) in [6.45, 7) is 6.86. The summed E-state index contributed by atoms with van der Waals surface area (Å²) in [5, 5.41) is 3.48. The number of piperidine rings is 1. The van der Waals surface area contributed by atoms with E-state index in [-0.39, 0.29) is 0 Å². The molecule has 0 bridgehead atoms. The second-order valence-electron chi connectivity index (χ2n) is 4.53. The van der Waals surface area contributed by atoms with Crippen molar-refractivity contribution in [1.29, 1.82) is 0 Å². The van der Waals surface area contributed by atoms with Crippen LogP contribution in [-0.2, 0) is 6.54 Å². The van der Waals surface area contributed by atoms with E-state index in [1.807, 2.05) is 11.7 Å². The highest BCUT2D eigenvalue weighted by Crippen LogP contribution is 2.15. The van der Waals surface area contributed by atoms with Crippen LogP contribution in [0, 0.1) is 0 Å². The Labute approximate surface area is 102 Å². The molecule has 2 rings (SSSR count). The first-order valence-corrected chi connectivity index (χ1v) is 7.06. The van der Waals surface area contributed by atoms with Crippen molar-refractivity contribution in [2.75, 3.05) is 19.6 Å². The van der Waals surface area contributed by atoms with E-state index in [4.69, 9.17) is 0 Å². The lowest BCUT2D eigenvalue weighted by Crippen LogP contribution is -2.41. The molecule has 1 aromatic heterocycles. The minimum absolute atomic E-state index is 0.777. The van der Waals surface area contributed by atoms with Gasteiger partial charge in [-0.05, 0) is 26.3 Å². The van der Waals surface area contributed by atoms with Crippen LogP contribution in [0.4, 0.5) is 0 Å². The van der Waals surface area contributed by atoms with Gasteiger partial charge in [0.05, 0.1) is 5.51 Å². The molecule has 90 valence electrons. The van der Waals surface area contributed by atoms with Gasteiger partial charge in [0.1, 0.15) is 0 Å². The van der Waals surface area contributed by atoms with E-state index in [0.29, 0.717) is 0 Å². The SMILES string of the molecule is CC1CCCCN1CCNCc1cncs1. The molecule has 0 saturated carbocycles. The molecular weight excluding hydrogens is 218 g/mol. The number of nitrogens with one attached hydrogen (secondary N) is 1. The third-order valence-electron chi connectivity index (χ3n) is 3.30. The molecule has 0 spiro atoms. The molecule has 1 unspecified atom stereocenters. The van der Waals surface area contributed by atoms with Gasteiger partial charge in [-0.3, -0.25) is 9.88 Å². The monoisotopic (exact) mass is 239 g/mol. The predicted molar refractivity (Wildman–Crippen MR) is 68.7 cm³/mol. The molecule has 3 nitrogen and oxygen atoms in total. The first kappa shape index (κ1) is 12.0. The number of hydrogen-bond donors (Lipinski definition) is 1. The molecule has 0 radical (unpaired) electrons. The summed E-state index contributed by atoms with van der Waals surface area (Å²) < 4.78 is 0. The number of hydrogen-bond acceptors (Lipinski definition) is 4. The lowest BCUT2D eigenvalue weighted by molar-refractivity contribution is 0.161. The van der Waals surface area contributed by atoms with Gasteiger partial charge in [-0.15, -0.1) is 11.3 Å². The second-order valence-corrected chi connectivity index (χ2v) is 5.50. The molecule has 2 heterocycles. The summed E-state index contributed by atoms with van der Waals surface area (Å²) in [5.41, 5.74) is 1.89. The van der Waals surface area contributed by atoms with Gasteiger partial charge < -0.3 is 5.32 Å². The highest BCUT2D eigenvalue weighted by Gasteiger charge is 2.16. The summed E-state index contributed by atoms with van der Waals surface area (Å²) in [6, 6.07) is 0.777. The number of rotatable bonds is 5. The lowest BCUT2D eigenvalue weighted by Gasteiger charge is -2.33. The van der Waals surface area contributed by atoms with Crippen LogP contribution in [0.1, 0.15) is 31.1 Å². The summed E-state index contributed by atoms with van der Waals surface area (Å²) in [6.07, 6.45) is 6.10. The molecule has 0 amide bonds.